The number of piperidine rings is 1. The summed E-state index contributed by atoms with van der Waals surface area (Å²) in [4.78, 5) is 6.02. The summed E-state index contributed by atoms with van der Waals surface area (Å²) in [5.41, 5.74) is 0.365. The predicted molar refractivity (Wildman–Crippen MR) is 117 cm³/mol. The molecule has 7 heteroatoms. The second-order valence-electron chi connectivity index (χ2n) is 7.87. The number of ether oxygens (including phenoxy) is 2. The molecule has 2 aromatic carbocycles. The minimum atomic E-state index is -4.36. The van der Waals surface area contributed by atoms with Crippen molar-refractivity contribution in [2.45, 2.75) is 25.6 Å². The topological polar surface area (TPSA) is 34.6 Å². The summed E-state index contributed by atoms with van der Waals surface area (Å²) in [5.74, 6) is 2.37. The third-order valence-corrected chi connectivity index (χ3v) is 5.57. The number of rotatable bonds is 7. The van der Waals surface area contributed by atoms with Gasteiger partial charge in [-0.05, 0) is 48.6 Å². The summed E-state index contributed by atoms with van der Waals surface area (Å²) in [5, 5.41) is 0. The van der Waals surface area contributed by atoms with Crippen molar-refractivity contribution in [3.05, 3.63) is 84.1 Å². The maximum atomic E-state index is 12.7. The average molecular weight is 442 g/mol. The van der Waals surface area contributed by atoms with Crippen LogP contribution in [-0.4, -0.2) is 24.7 Å². The molecule has 2 heterocycles. The minimum Gasteiger partial charge on any atom is -0.489 e. The van der Waals surface area contributed by atoms with Crippen LogP contribution in [0.1, 0.15) is 24.0 Å². The van der Waals surface area contributed by atoms with Crippen LogP contribution >= 0.6 is 0 Å². The van der Waals surface area contributed by atoms with Gasteiger partial charge in [-0.25, -0.2) is 4.98 Å². The molecule has 0 N–H and O–H groups in total. The summed E-state index contributed by atoms with van der Waals surface area (Å²) in [6.45, 7) is 2.51. The molecular weight excluding hydrogens is 417 g/mol. The number of aromatic nitrogens is 1. The van der Waals surface area contributed by atoms with Gasteiger partial charge in [0.2, 0.25) is 0 Å². The van der Waals surface area contributed by atoms with Crippen molar-refractivity contribution in [2.75, 3.05) is 24.6 Å². The quantitative estimate of drug-likeness (QED) is 0.451. The standard InChI is InChI=1S/C25H25F3N2O2/c26-25(27,28)21-10-11-24(29-16-21)30-14-12-20(13-15-30)18-32-23-9-5-4-8-22(23)31-17-19-6-2-1-3-7-19/h1-11,16,20H,12-15,17-18H2. The van der Waals surface area contributed by atoms with Gasteiger partial charge in [0.1, 0.15) is 12.4 Å². The van der Waals surface area contributed by atoms with Crippen LogP contribution in [0.2, 0.25) is 0 Å². The molecule has 1 aromatic heterocycles. The van der Waals surface area contributed by atoms with Crippen molar-refractivity contribution in [3.8, 4) is 11.5 Å². The van der Waals surface area contributed by atoms with Gasteiger partial charge in [0.25, 0.3) is 0 Å². The van der Waals surface area contributed by atoms with Crippen LogP contribution < -0.4 is 14.4 Å². The number of hydrogen-bond acceptors (Lipinski definition) is 4. The smallest absolute Gasteiger partial charge is 0.417 e. The summed E-state index contributed by atoms with van der Waals surface area (Å²) in [6.07, 6.45) is -1.70. The van der Waals surface area contributed by atoms with Gasteiger partial charge >= 0.3 is 6.18 Å². The number of benzene rings is 2. The molecule has 0 amide bonds. The lowest BCUT2D eigenvalue weighted by molar-refractivity contribution is -0.137. The third-order valence-electron chi connectivity index (χ3n) is 5.57. The van der Waals surface area contributed by atoms with Crippen LogP contribution in [0.15, 0.2) is 72.9 Å². The zero-order valence-electron chi connectivity index (χ0n) is 17.6. The molecule has 0 saturated carbocycles. The van der Waals surface area contributed by atoms with E-state index in [0.717, 1.165) is 49.5 Å². The Morgan fingerprint density at radius 2 is 1.50 bits per heavy atom. The van der Waals surface area contributed by atoms with Crippen molar-refractivity contribution >= 4 is 5.82 Å². The van der Waals surface area contributed by atoms with E-state index in [4.69, 9.17) is 9.47 Å². The van der Waals surface area contributed by atoms with Crippen LogP contribution in [-0.2, 0) is 12.8 Å². The van der Waals surface area contributed by atoms with Gasteiger partial charge in [-0.15, -0.1) is 0 Å². The van der Waals surface area contributed by atoms with Gasteiger partial charge < -0.3 is 14.4 Å². The summed E-state index contributed by atoms with van der Waals surface area (Å²) < 4.78 is 50.2. The fraction of sp³-hybridized carbons (Fsp3) is 0.320. The van der Waals surface area contributed by atoms with E-state index in [1.165, 1.54) is 6.07 Å². The van der Waals surface area contributed by atoms with E-state index in [-0.39, 0.29) is 0 Å². The van der Waals surface area contributed by atoms with Gasteiger partial charge in [0.15, 0.2) is 11.5 Å². The van der Waals surface area contributed by atoms with Crippen LogP contribution in [0.25, 0.3) is 0 Å². The molecule has 0 aliphatic carbocycles. The van der Waals surface area contributed by atoms with E-state index in [0.29, 0.717) is 30.7 Å². The zero-order valence-corrected chi connectivity index (χ0v) is 17.6. The zero-order chi connectivity index (χ0) is 22.4. The highest BCUT2D eigenvalue weighted by Crippen LogP contribution is 2.31. The summed E-state index contributed by atoms with van der Waals surface area (Å²) >= 11 is 0. The Hall–Kier alpha value is -3.22. The second-order valence-corrected chi connectivity index (χ2v) is 7.87. The first kappa shape index (κ1) is 22.0. The first-order chi connectivity index (χ1) is 15.5. The molecule has 1 saturated heterocycles. The van der Waals surface area contributed by atoms with Crippen LogP contribution in [0.5, 0.6) is 11.5 Å². The lowest BCUT2D eigenvalue weighted by atomic mass is 9.98. The number of halogens is 3. The normalized spacial score (nSPS) is 14.9. The largest absolute Gasteiger partial charge is 0.489 e. The molecule has 4 rings (SSSR count). The molecule has 32 heavy (non-hydrogen) atoms. The minimum absolute atomic E-state index is 0.364. The Bertz CT molecular complexity index is 986. The molecule has 4 nitrogen and oxygen atoms in total. The first-order valence-corrected chi connectivity index (χ1v) is 10.7. The van der Waals surface area contributed by atoms with Crippen molar-refractivity contribution < 1.29 is 22.6 Å². The Labute approximate surface area is 185 Å². The van der Waals surface area contributed by atoms with Crippen molar-refractivity contribution in [1.29, 1.82) is 0 Å². The summed E-state index contributed by atoms with van der Waals surface area (Å²) in [7, 11) is 0. The number of pyridine rings is 1. The molecule has 0 spiro atoms. The average Bonchev–Trinajstić information content (AvgIpc) is 2.82. The SMILES string of the molecule is FC(F)(F)c1ccc(N2CCC(COc3ccccc3OCc3ccccc3)CC2)nc1. The maximum absolute atomic E-state index is 12.7. The number of hydrogen-bond donors (Lipinski definition) is 0. The fourth-order valence-corrected chi connectivity index (χ4v) is 3.70. The van der Waals surface area contributed by atoms with Crippen molar-refractivity contribution in [3.63, 3.8) is 0 Å². The summed E-state index contributed by atoms with van der Waals surface area (Å²) in [6, 6.07) is 20.1. The fourth-order valence-electron chi connectivity index (χ4n) is 3.70. The van der Waals surface area contributed by atoms with E-state index in [1.54, 1.807) is 0 Å². The first-order valence-electron chi connectivity index (χ1n) is 10.7. The van der Waals surface area contributed by atoms with Gasteiger partial charge in [-0.1, -0.05) is 42.5 Å². The van der Waals surface area contributed by atoms with E-state index in [9.17, 15) is 13.2 Å². The molecule has 1 aliphatic rings. The molecule has 0 unspecified atom stereocenters. The predicted octanol–water partition coefficient (Wildman–Crippen LogP) is 5.97. The number of anilines is 1. The van der Waals surface area contributed by atoms with E-state index < -0.39 is 11.7 Å². The number of nitrogens with zero attached hydrogens (tertiary/aromatic N) is 2. The number of alkyl halides is 3. The molecule has 1 aliphatic heterocycles. The molecule has 168 valence electrons. The molecule has 0 radical (unpaired) electrons. The lowest BCUT2D eigenvalue weighted by Crippen LogP contribution is -2.36. The van der Waals surface area contributed by atoms with Gasteiger partial charge in [-0.2, -0.15) is 13.2 Å². The van der Waals surface area contributed by atoms with Crippen LogP contribution in [0, 0.1) is 5.92 Å². The maximum Gasteiger partial charge on any atom is 0.417 e. The highest BCUT2D eigenvalue weighted by molar-refractivity contribution is 5.41. The second kappa shape index (κ2) is 9.94. The van der Waals surface area contributed by atoms with E-state index in [1.807, 2.05) is 59.5 Å². The van der Waals surface area contributed by atoms with Crippen molar-refractivity contribution in [2.24, 2.45) is 5.92 Å². The molecule has 0 bridgehead atoms. The third kappa shape index (κ3) is 5.72. The molecule has 1 fully saturated rings. The van der Waals surface area contributed by atoms with Crippen molar-refractivity contribution in [1.82, 2.24) is 4.98 Å². The number of para-hydroxylation sites is 2. The monoisotopic (exact) mass is 442 g/mol. The van der Waals surface area contributed by atoms with Gasteiger partial charge in [0, 0.05) is 19.3 Å². The van der Waals surface area contributed by atoms with E-state index in [2.05, 4.69) is 4.98 Å². The molecule has 0 atom stereocenters. The molecular formula is C25H25F3N2O2. The lowest BCUT2D eigenvalue weighted by Gasteiger charge is -2.32. The van der Waals surface area contributed by atoms with Crippen LogP contribution in [0.3, 0.4) is 0 Å². The van der Waals surface area contributed by atoms with Crippen LogP contribution in [0.4, 0.5) is 19.0 Å². The highest BCUT2D eigenvalue weighted by atomic mass is 19.4. The molecule has 3 aromatic rings. The van der Waals surface area contributed by atoms with E-state index >= 15 is 0 Å². The van der Waals surface area contributed by atoms with Gasteiger partial charge in [0.05, 0.1) is 12.2 Å². The van der Waals surface area contributed by atoms with Gasteiger partial charge in [-0.3, -0.25) is 0 Å². The highest BCUT2D eigenvalue weighted by Gasteiger charge is 2.31. The Balaban J connectivity index is 1.27. The Kier molecular flexibility index (Phi) is 6.83. The Morgan fingerprint density at radius 1 is 0.844 bits per heavy atom. The Morgan fingerprint density at radius 3 is 2.12 bits per heavy atom.